The second-order valence-corrected chi connectivity index (χ2v) is 4.43. The lowest BCUT2D eigenvalue weighted by Crippen LogP contribution is -2.21. The van der Waals surface area contributed by atoms with E-state index in [-0.39, 0.29) is 0 Å². The highest BCUT2D eigenvalue weighted by Crippen LogP contribution is 2.43. The zero-order valence-corrected chi connectivity index (χ0v) is 7.48. The third-order valence-corrected chi connectivity index (χ3v) is 3.42. The van der Waals surface area contributed by atoms with Crippen molar-refractivity contribution in [1.29, 1.82) is 0 Å². The Balaban J connectivity index is 1.98. The molecule has 1 saturated carbocycles. The van der Waals surface area contributed by atoms with Crippen LogP contribution in [0.25, 0.3) is 0 Å². The quantitative estimate of drug-likeness (QED) is 0.450. The SMILES string of the molecule is C=C(C)[C@@H]1CC[C@@]2(C)N[C@H]2C1. The molecule has 1 aliphatic carbocycles. The normalized spacial score (nSPS) is 48.2. The van der Waals surface area contributed by atoms with Gasteiger partial charge < -0.3 is 5.32 Å². The number of hydrogen-bond donors (Lipinski definition) is 1. The highest BCUT2D eigenvalue weighted by Gasteiger charge is 2.52. The molecule has 0 spiro atoms. The summed E-state index contributed by atoms with van der Waals surface area (Å²) in [5.74, 6) is 0.795. The molecule has 0 aromatic rings. The first-order valence-electron chi connectivity index (χ1n) is 4.55. The standard InChI is InChI=1S/C10H17N/c1-7(2)8-4-5-10(3)9(6-8)11-10/h8-9,11H,1,4-6H2,2-3H3/t8-,9+,10-/m1/s1. The lowest BCUT2D eigenvalue weighted by atomic mass is 9.80. The molecule has 0 aromatic heterocycles. The summed E-state index contributed by atoms with van der Waals surface area (Å²) < 4.78 is 0. The second-order valence-electron chi connectivity index (χ2n) is 4.43. The Labute approximate surface area is 68.9 Å². The fourth-order valence-electron chi connectivity index (χ4n) is 2.25. The van der Waals surface area contributed by atoms with Gasteiger partial charge in [0.15, 0.2) is 0 Å². The van der Waals surface area contributed by atoms with E-state index >= 15 is 0 Å². The van der Waals surface area contributed by atoms with Gasteiger partial charge >= 0.3 is 0 Å². The van der Waals surface area contributed by atoms with Crippen molar-refractivity contribution >= 4 is 0 Å². The van der Waals surface area contributed by atoms with Crippen LogP contribution in [0.1, 0.15) is 33.1 Å². The molecule has 2 rings (SSSR count). The van der Waals surface area contributed by atoms with Crippen LogP contribution in [-0.4, -0.2) is 11.6 Å². The van der Waals surface area contributed by atoms with E-state index in [4.69, 9.17) is 0 Å². The fourth-order valence-corrected chi connectivity index (χ4v) is 2.25. The number of rotatable bonds is 1. The predicted molar refractivity (Wildman–Crippen MR) is 47.5 cm³/mol. The van der Waals surface area contributed by atoms with Crippen molar-refractivity contribution in [2.75, 3.05) is 0 Å². The molecule has 2 aliphatic rings. The Hall–Kier alpha value is -0.300. The zero-order valence-electron chi connectivity index (χ0n) is 7.48. The Bertz CT molecular complexity index is 197. The number of allylic oxidation sites excluding steroid dienone is 1. The van der Waals surface area contributed by atoms with Crippen LogP contribution in [0.3, 0.4) is 0 Å². The first-order valence-corrected chi connectivity index (χ1v) is 4.55. The predicted octanol–water partition coefficient (Wildman–Crippen LogP) is 2.09. The summed E-state index contributed by atoms with van der Waals surface area (Å²) in [7, 11) is 0. The summed E-state index contributed by atoms with van der Waals surface area (Å²) in [6.45, 7) is 8.53. The molecular weight excluding hydrogens is 134 g/mol. The third kappa shape index (κ3) is 1.12. The van der Waals surface area contributed by atoms with E-state index in [9.17, 15) is 0 Å². The molecule has 1 heterocycles. The summed E-state index contributed by atoms with van der Waals surface area (Å²) >= 11 is 0. The molecule has 11 heavy (non-hydrogen) atoms. The van der Waals surface area contributed by atoms with Gasteiger partial charge in [-0.1, -0.05) is 12.2 Å². The van der Waals surface area contributed by atoms with Crippen LogP contribution in [0.2, 0.25) is 0 Å². The molecule has 0 radical (unpaired) electrons. The Morgan fingerprint density at radius 2 is 2.36 bits per heavy atom. The maximum Gasteiger partial charge on any atom is 0.0310 e. The highest BCUT2D eigenvalue weighted by atomic mass is 15.2. The van der Waals surface area contributed by atoms with E-state index in [1.165, 1.54) is 24.8 Å². The summed E-state index contributed by atoms with van der Waals surface area (Å²) in [5.41, 5.74) is 1.90. The first kappa shape index (κ1) is 7.35. The molecule has 1 saturated heterocycles. The lowest BCUT2D eigenvalue weighted by molar-refractivity contribution is 0.396. The van der Waals surface area contributed by atoms with E-state index in [1.54, 1.807) is 0 Å². The Kier molecular flexibility index (Phi) is 1.40. The van der Waals surface area contributed by atoms with Crippen molar-refractivity contribution in [3.8, 4) is 0 Å². The number of fused-ring (bicyclic) bond motifs is 1. The summed E-state index contributed by atoms with van der Waals surface area (Å²) in [5, 5.41) is 3.55. The van der Waals surface area contributed by atoms with Crippen molar-refractivity contribution in [1.82, 2.24) is 5.32 Å². The first-order chi connectivity index (χ1) is 5.12. The van der Waals surface area contributed by atoms with E-state index < -0.39 is 0 Å². The molecule has 0 aromatic carbocycles. The lowest BCUT2D eigenvalue weighted by Gasteiger charge is -2.23. The molecule has 0 bridgehead atoms. The fraction of sp³-hybridized carbons (Fsp3) is 0.800. The average molecular weight is 151 g/mol. The van der Waals surface area contributed by atoms with Gasteiger partial charge in [-0.25, -0.2) is 0 Å². The van der Waals surface area contributed by atoms with Crippen molar-refractivity contribution in [2.45, 2.75) is 44.7 Å². The van der Waals surface area contributed by atoms with Gasteiger partial charge in [-0.15, -0.1) is 0 Å². The number of nitrogens with one attached hydrogen (secondary N) is 1. The maximum atomic E-state index is 4.03. The molecule has 1 aliphatic heterocycles. The van der Waals surface area contributed by atoms with Crippen LogP contribution in [0.4, 0.5) is 0 Å². The van der Waals surface area contributed by atoms with Crippen LogP contribution in [0, 0.1) is 5.92 Å². The summed E-state index contributed by atoms with van der Waals surface area (Å²) in [6.07, 6.45) is 4.01. The van der Waals surface area contributed by atoms with Gasteiger partial charge in [0.25, 0.3) is 0 Å². The highest BCUT2D eigenvalue weighted by molar-refractivity contribution is 5.17. The minimum Gasteiger partial charge on any atom is -0.305 e. The Morgan fingerprint density at radius 3 is 2.91 bits per heavy atom. The van der Waals surface area contributed by atoms with Gasteiger partial charge in [-0.2, -0.15) is 0 Å². The minimum absolute atomic E-state index is 0.520. The van der Waals surface area contributed by atoms with Gasteiger partial charge in [-0.05, 0) is 39.0 Å². The van der Waals surface area contributed by atoms with Crippen molar-refractivity contribution in [3.05, 3.63) is 12.2 Å². The van der Waals surface area contributed by atoms with Gasteiger partial charge in [0.2, 0.25) is 0 Å². The smallest absolute Gasteiger partial charge is 0.0310 e. The maximum absolute atomic E-state index is 4.03. The average Bonchev–Trinajstić information content (AvgIpc) is 2.58. The molecule has 3 atom stereocenters. The van der Waals surface area contributed by atoms with E-state index in [0.29, 0.717) is 5.54 Å². The van der Waals surface area contributed by atoms with E-state index in [0.717, 1.165) is 12.0 Å². The molecule has 1 N–H and O–H groups in total. The second kappa shape index (κ2) is 2.10. The van der Waals surface area contributed by atoms with Crippen LogP contribution in [-0.2, 0) is 0 Å². The molecule has 1 nitrogen and oxygen atoms in total. The summed E-state index contributed by atoms with van der Waals surface area (Å²) in [4.78, 5) is 0. The van der Waals surface area contributed by atoms with E-state index in [1.807, 2.05) is 0 Å². The molecular formula is C10H17N. The monoisotopic (exact) mass is 151 g/mol. The van der Waals surface area contributed by atoms with Crippen molar-refractivity contribution in [2.24, 2.45) is 5.92 Å². The van der Waals surface area contributed by atoms with Crippen LogP contribution >= 0.6 is 0 Å². The molecule has 0 unspecified atom stereocenters. The topological polar surface area (TPSA) is 21.9 Å². The van der Waals surface area contributed by atoms with E-state index in [2.05, 4.69) is 25.7 Å². The number of hydrogen-bond acceptors (Lipinski definition) is 1. The van der Waals surface area contributed by atoms with Gasteiger partial charge in [0, 0.05) is 11.6 Å². The Morgan fingerprint density at radius 1 is 1.64 bits per heavy atom. The van der Waals surface area contributed by atoms with Crippen LogP contribution in [0.5, 0.6) is 0 Å². The van der Waals surface area contributed by atoms with Crippen LogP contribution in [0.15, 0.2) is 12.2 Å². The van der Waals surface area contributed by atoms with Crippen LogP contribution < -0.4 is 5.32 Å². The van der Waals surface area contributed by atoms with Crippen molar-refractivity contribution in [3.63, 3.8) is 0 Å². The third-order valence-electron chi connectivity index (χ3n) is 3.42. The van der Waals surface area contributed by atoms with Gasteiger partial charge in [0.1, 0.15) is 0 Å². The molecule has 62 valence electrons. The largest absolute Gasteiger partial charge is 0.305 e. The zero-order chi connectivity index (χ0) is 8.06. The van der Waals surface area contributed by atoms with Gasteiger partial charge in [-0.3, -0.25) is 0 Å². The van der Waals surface area contributed by atoms with Crippen molar-refractivity contribution < 1.29 is 0 Å². The van der Waals surface area contributed by atoms with Gasteiger partial charge in [0.05, 0.1) is 0 Å². The molecule has 0 amide bonds. The molecule has 2 fully saturated rings. The summed E-state index contributed by atoms with van der Waals surface area (Å²) in [6, 6.07) is 0.804. The minimum atomic E-state index is 0.520. The molecule has 1 heteroatoms.